The van der Waals surface area contributed by atoms with Crippen molar-refractivity contribution in [3.05, 3.63) is 70.2 Å². The summed E-state index contributed by atoms with van der Waals surface area (Å²) in [7, 11) is 0. The molecule has 5 nitrogen and oxygen atoms in total. The van der Waals surface area contributed by atoms with E-state index in [-0.39, 0.29) is 5.91 Å². The standard InChI is InChI=1S/C20H23BrN4O/c21-19-8-4-7-18(13-19)14-22-23-20(26)16-25-11-9-24(10-12-25)15-17-5-2-1-3-6-17/h1-8,13-14H,9-12,15-16H2,(H,23,26)/p+2. The van der Waals surface area contributed by atoms with Crippen molar-refractivity contribution in [2.75, 3.05) is 32.7 Å². The quantitative estimate of drug-likeness (QED) is 0.446. The molecule has 0 spiro atoms. The number of amides is 1. The third-order valence-electron chi connectivity index (χ3n) is 4.62. The second-order valence-electron chi connectivity index (χ2n) is 6.69. The molecule has 26 heavy (non-hydrogen) atoms. The first-order chi connectivity index (χ1) is 12.7. The lowest BCUT2D eigenvalue weighted by Gasteiger charge is -2.29. The van der Waals surface area contributed by atoms with Gasteiger partial charge in [-0.2, -0.15) is 5.10 Å². The zero-order chi connectivity index (χ0) is 18.2. The van der Waals surface area contributed by atoms with Gasteiger partial charge < -0.3 is 9.80 Å². The van der Waals surface area contributed by atoms with Crippen LogP contribution in [0.15, 0.2) is 64.2 Å². The fraction of sp³-hybridized carbons (Fsp3) is 0.300. The van der Waals surface area contributed by atoms with Gasteiger partial charge in [-0.3, -0.25) is 4.79 Å². The maximum Gasteiger partial charge on any atom is 0.295 e. The Hall–Kier alpha value is -2.02. The first-order valence-corrected chi connectivity index (χ1v) is 9.77. The Labute approximate surface area is 162 Å². The molecule has 0 aromatic heterocycles. The number of hydrogen-bond donors (Lipinski definition) is 3. The lowest BCUT2D eigenvalue weighted by molar-refractivity contribution is -1.02. The molecule has 1 saturated heterocycles. The minimum absolute atomic E-state index is 0.0299. The monoisotopic (exact) mass is 416 g/mol. The van der Waals surface area contributed by atoms with E-state index in [0.29, 0.717) is 6.54 Å². The molecule has 0 bridgehead atoms. The Kier molecular flexibility index (Phi) is 6.94. The lowest BCUT2D eigenvalue weighted by Crippen LogP contribution is -3.28. The second-order valence-corrected chi connectivity index (χ2v) is 7.60. The van der Waals surface area contributed by atoms with Crippen LogP contribution in [0.1, 0.15) is 11.1 Å². The van der Waals surface area contributed by atoms with E-state index in [4.69, 9.17) is 0 Å². The number of hydrazone groups is 1. The molecule has 1 fully saturated rings. The van der Waals surface area contributed by atoms with Gasteiger partial charge in [0.05, 0.1) is 6.21 Å². The molecule has 1 aliphatic heterocycles. The summed E-state index contributed by atoms with van der Waals surface area (Å²) >= 11 is 3.42. The van der Waals surface area contributed by atoms with Crippen molar-refractivity contribution in [1.82, 2.24) is 5.43 Å². The molecule has 1 amide bonds. The Bertz CT molecular complexity index is 742. The predicted molar refractivity (Wildman–Crippen MR) is 106 cm³/mol. The van der Waals surface area contributed by atoms with Crippen LogP contribution in [-0.2, 0) is 11.3 Å². The van der Waals surface area contributed by atoms with E-state index >= 15 is 0 Å². The van der Waals surface area contributed by atoms with Gasteiger partial charge >= 0.3 is 0 Å². The maximum absolute atomic E-state index is 12.1. The Morgan fingerprint density at radius 2 is 1.77 bits per heavy atom. The minimum atomic E-state index is -0.0299. The van der Waals surface area contributed by atoms with Gasteiger partial charge in [0.15, 0.2) is 6.54 Å². The number of hydrogen-bond acceptors (Lipinski definition) is 2. The topological polar surface area (TPSA) is 50.3 Å². The highest BCUT2D eigenvalue weighted by Gasteiger charge is 2.24. The van der Waals surface area contributed by atoms with Gasteiger partial charge in [-0.15, -0.1) is 0 Å². The highest BCUT2D eigenvalue weighted by atomic mass is 79.9. The molecule has 3 N–H and O–H groups in total. The number of benzene rings is 2. The summed E-state index contributed by atoms with van der Waals surface area (Å²) in [6.07, 6.45) is 1.67. The molecule has 1 aliphatic rings. The molecule has 0 radical (unpaired) electrons. The lowest BCUT2D eigenvalue weighted by atomic mass is 10.2. The summed E-state index contributed by atoms with van der Waals surface area (Å²) in [5, 5.41) is 4.06. The summed E-state index contributed by atoms with van der Waals surface area (Å²) < 4.78 is 0.994. The first-order valence-electron chi connectivity index (χ1n) is 8.97. The van der Waals surface area contributed by atoms with Gasteiger partial charge in [0.25, 0.3) is 5.91 Å². The van der Waals surface area contributed by atoms with E-state index in [1.807, 2.05) is 24.3 Å². The molecule has 0 saturated carbocycles. The zero-order valence-corrected chi connectivity index (χ0v) is 16.3. The number of carbonyl (C=O) groups excluding carboxylic acids is 1. The molecule has 3 rings (SSSR count). The van der Waals surface area contributed by atoms with Gasteiger partial charge in [0.1, 0.15) is 32.7 Å². The van der Waals surface area contributed by atoms with Crippen LogP contribution in [0.3, 0.4) is 0 Å². The number of carbonyl (C=O) groups is 1. The molecule has 2 aromatic rings. The maximum atomic E-state index is 12.1. The molecular formula is C20H25BrN4O+2. The summed E-state index contributed by atoms with van der Waals surface area (Å²) in [5.41, 5.74) is 4.97. The molecule has 2 aromatic carbocycles. The Morgan fingerprint density at radius 1 is 1.04 bits per heavy atom. The highest BCUT2D eigenvalue weighted by Crippen LogP contribution is 2.09. The normalized spacial score (nSPS) is 20.2. The van der Waals surface area contributed by atoms with Gasteiger partial charge in [-0.25, -0.2) is 5.43 Å². The van der Waals surface area contributed by atoms with E-state index in [1.54, 1.807) is 11.1 Å². The number of piperazine rings is 1. The van der Waals surface area contributed by atoms with Crippen molar-refractivity contribution >= 4 is 28.1 Å². The minimum Gasteiger partial charge on any atom is -0.322 e. The molecule has 6 heteroatoms. The van der Waals surface area contributed by atoms with Gasteiger partial charge in [0.2, 0.25) is 0 Å². The third kappa shape index (κ3) is 6.05. The predicted octanol–water partition coefficient (Wildman–Crippen LogP) is -0.117. The van der Waals surface area contributed by atoms with E-state index in [9.17, 15) is 4.79 Å². The number of quaternary nitrogens is 2. The van der Waals surface area contributed by atoms with E-state index < -0.39 is 0 Å². The fourth-order valence-corrected chi connectivity index (χ4v) is 3.64. The number of rotatable bonds is 6. The van der Waals surface area contributed by atoms with Crippen LogP contribution in [-0.4, -0.2) is 44.8 Å². The van der Waals surface area contributed by atoms with Crippen molar-refractivity contribution in [3.8, 4) is 0 Å². The fourth-order valence-electron chi connectivity index (χ4n) is 3.23. The van der Waals surface area contributed by atoms with Crippen LogP contribution in [0.2, 0.25) is 0 Å². The third-order valence-corrected chi connectivity index (χ3v) is 5.12. The van der Waals surface area contributed by atoms with Crippen molar-refractivity contribution in [2.45, 2.75) is 6.54 Å². The largest absolute Gasteiger partial charge is 0.322 e. The Balaban J connectivity index is 1.38. The van der Waals surface area contributed by atoms with E-state index in [1.165, 1.54) is 10.5 Å². The van der Waals surface area contributed by atoms with Crippen molar-refractivity contribution in [1.29, 1.82) is 0 Å². The van der Waals surface area contributed by atoms with Crippen LogP contribution in [0.5, 0.6) is 0 Å². The van der Waals surface area contributed by atoms with Crippen LogP contribution in [0, 0.1) is 0 Å². The Morgan fingerprint density at radius 3 is 2.50 bits per heavy atom. The van der Waals surface area contributed by atoms with Crippen LogP contribution in [0.25, 0.3) is 0 Å². The molecule has 136 valence electrons. The second kappa shape index (κ2) is 9.62. The van der Waals surface area contributed by atoms with E-state index in [0.717, 1.165) is 42.8 Å². The summed E-state index contributed by atoms with van der Waals surface area (Å²) in [5.74, 6) is -0.0299. The van der Waals surface area contributed by atoms with Gasteiger partial charge in [0, 0.05) is 10.0 Å². The van der Waals surface area contributed by atoms with Crippen LogP contribution in [0.4, 0.5) is 0 Å². The number of nitrogens with one attached hydrogen (secondary N) is 3. The van der Waals surface area contributed by atoms with E-state index in [2.05, 4.69) is 56.8 Å². The zero-order valence-electron chi connectivity index (χ0n) is 14.7. The van der Waals surface area contributed by atoms with Gasteiger partial charge in [-0.1, -0.05) is 58.4 Å². The van der Waals surface area contributed by atoms with Gasteiger partial charge in [-0.05, 0) is 17.7 Å². The van der Waals surface area contributed by atoms with Crippen LogP contribution < -0.4 is 15.2 Å². The molecular weight excluding hydrogens is 392 g/mol. The molecule has 0 unspecified atom stereocenters. The average molecular weight is 417 g/mol. The number of halogens is 1. The smallest absolute Gasteiger partial charge is 0.295 e. The van der Waals surface area contributed by atoms with Crippen LogP contribution >= 0.6 is 15.9 Å². The first kappa shape index (κ1) is 18.8. The summed E-state index contributed by atoms with van der Waals surface area (Å²) in [6, 6.07) is 18.4. The highest BCUT2D eigenvalue weighted by molar-refractivity contribution is 9.10. The summed E-state index contributed by atoms with van der Waals surface area (Å²) in [4.78, 5) is 15.0. The average Bonchev–Trinajstić information content (AvgIpc) is 2.64. The van der Waals surface area contributed by atoms with Crippen molar-refractivity contribution in [3.63, 3.8) is 0 Å². The van der Waals surface area contributed by atoms with Crippen molar-refractivity contribution < 1.29 is 14.6 Å². The molecule has 0 aliphatic carbocycles. The number of nitrogens with zero attached hydrogens (tertiary/aromatic N) is 1. The summed E-state index contributed by atoms with van der Waals surface area (Å²) in [6.45, 7) is 5.78. The molecule has 0 atom stereocenters. The molecule has 1 heterocycles. The SMILES string of the molecule is O=C(C[NH+]1CC[NH+](Cc2ccccc2)CC1)NN=Cc1cccc(Br)c1. The van der Waals surface area contributed by atoms with Crippen molar-refractivity contribution in [2.24, 2.45) is 5.10 Å².